The van der Waals surface area contributed by atoms with Gasteiger partial charge in [0.05, 0.1) is 17.3 Å². The molecule has 2 aromatic carbocycles. The van der Waals surface area contributed by atoms with Crippen molar-refractivity contribution in [1.29, 1.82) is 5.26 Å². The average Bonchev–Trinajstić information content (AvgIpc) is 2.47. The summed E-state index contributed by atoms with van der Waals surface area (Å²) in [7, 11) is -2.92. The van der Waals surface area contributed by atoms with E-state index in [1.165, 1.54) is 24.4 Å². The second kappa shape index (κ2) is 6.48. The van der Waals surface area contributed by atoms with E-state index in [2.05, 4.69) is 9.65 Å². The van der Waals surface area contributed by atoms with Crippen LogP contribution in [0.25, 0.3) is 0 Å². The van der Waals surface area contributed by atoms with Gasteiger partial charge in [0.25, 0.3) is 0 Å². The first kappa shape index (κ1) is 13.7. The molecule has 0 N–H and O–H groups in total. The van der Waals surface area contributed by atoms with Crippen molar-refractivity contribution in [2.75, 3.05) is 0 Å². The van der Waals surface area contributed by atoms with Crippen LogP contribution in [0, 0.1) is 11.3 Å². The van der Waals surface area contributed by atoms with Gasteiger partial charge in [-0.3, -0.25) is 4.99 Å². The molecule has 0 bridgehead atoms. The van der Waals surface area contributed by atoms with Crippen LogP contribution in [0.2, 0.25) is 0 Å². The molecule has 0 fully saturated rings. The molecule has 2 rings (SSSR count). The third-order valence-electron chi connectivity index (χ3n) is 2.46. The van der Waals surface area contributed by atoms with Gasteiger partial charge in [-0.2, -0.15) is 5.26 Å². The van der Waals surface area contributed by atoms with E-state index in [4.69, 9.17) is 5.26 Å². The van der Waals surface area contributed by atoms with E-state index in [1.54, 1.807) is 12.1 Å². The van der Waals surface area contributed by atoms with E-state index < -0.39 is 7.47 Å². The average molecular weight is 270 g/mol. The molecule has 0 aliphatic rings. The van der Waals surface area contributed by atoms with Gasteiger partial charge in [0.1, 0.15) is 5.75 Å². The summed E-state index contributed by atoms with van der Waals surface area (Å²) in [6.45, 7) is 0. The Balaban J connectivity index is 2.33. The number of aliphatic imine (C=N–C) groups is 1. The number of nitriles is 1. The van der Waals surface area contributed by atoms with Gasteiger partial charge in [0.2, 0.25) is 0 Å². The fourth-order valence-electron chi connectivity index (χ4n) is 1.58. The van der Waals surface area contributed by atoms with E-state index in [0.29, 0.717) is 16.8 Å². The summed E-state index contributed by atoms with van der Waals surface area (Å²) in [6.07, 6.45) is 1.40. The lowest BCUT2D eigenvalue weighted by molar-refractivity contribution is 0.425. The van der Waals surface area contributed by atoms with Gasteiger partial charge in [0.15, 0.2) is 0 Å². The largest absolute Gasteiger partial charge is 0.796 e. The Kier molecular flexibility index (Phi) is 4.45. The summed E-state index contributed by atoms with van der Waals surface area (Å²) in [5.41, 5.74) is 1.35. The fraction of sp³-hybridized carbons (Fsp3) is 0. The number of hydrogen-bond acceptors (Lipinski definition) is 3. The SMILES string of the molecule is N#Cc1ccc(OB(F)F)c(C=Nc2ccccc2)c1. The maximum atomic E-state index is 12.3. The molecule has 0 atom stereocenters. The molecular weight excluding hydrogens is 261 g/mol. The van der Waals surface area contributed by atoms with E-state index in [9.17, 15) is 8.63 Å². The molecule has 0 aromatic heterocycles. The highest BCUT2D eigenvalue weighted by Gasteiger charge is 2.19. The van der Waals surface area contributed by atoms with Crippen molar-refractivity contribution in [2.45, 2.75) is 0 Å². The second-order valence-corrected chi connectivity index (χ2v) is 3.84. The minimum Gasteiger partial charge on any atom is -0.505 e. The molecule has 3 nitrogen and oxygen atoms in total. The number of nitrogens with zero attached hydrogens (tertiary/aromatic N) is 2. The van der Waals surface area contributed by atoms with E-state index in [1.807, 2.05) is 24.3 Å². The van der Waals surface area contributed by atoms with Crippen LogP contribution in [0.5, 0.6) is 5.75 Å². The van der Waals surface area contributed by atoms with Crippen LogP contribution in [-0.4, -0.2) is 13.7 Å². The molecular formula is C14H9BF2N2O. The molecule has 0 saturated carbocycles. The maximum absolute atomic E-state index is 12.3. The molecule has 0 heterocycles. The minimum absolute atomic E-state index is 0.0151. The summed E-state index contributed by atoms with van der Waals surface area (Å²) >= 11 is 0. The zero-order chi connectivity index (χ0) is 14.4. The van der Waals surface area contributed by atoms with Crippen LogP contribution in [0.1, 0.15) is 11.1 Å². The maximum Gasteiger partial charge on any atom is 0.796 e. The predicted molar refractivity (Wildman–Crippen MR) is 73.5 cm³/mol. The van der Waals surface area contributed by atoms with Gasteiger partial charge < -0.3 is 4.65 Å². The number of halogens is 2. The second-order valence-electron chi connectivity index (χ2n) is 3.84. The van der Waals surface area contributed by atoms with Crippen LogP contribution in [0.15, 0.2) is 53.5 Å². The first-order chi connectivity index (χ1) is 9.69. The summed E-state index contributed by atoms with van der Waals surface area (Å²) in [5, 5.41) is 8.84. The third-order valence-corrected chi connectivity index (χ3v) is 2.46. The van der Waals surface area contributed by atoms with E-state index in [0.717, 1.165) is 0 Å². The molecule has 98 valence electrons. The number of hydrogen-bond donors (Lipinski definition) is 0. The quantitative estimate of drug-likeness (QED) is 0.629. The van der Waals surface area contributed by atoms with E-state index in [-0.39, 0.29) is 5.75 Å². The van der Waals surface area contributed by atoms with E-state index >= 15 is 0 Å². The standard InChI is InChI=1S/C14H9BF2N2O/c16-15(17)20-14-7-6-11(9-18)8-12(14)10-19-13-4-2-1-3-5-13/h1-8,10H. The zero-order valence-electron chi connectivity index (χ0n) is 10.3. The highest BCUT2D eigenvalue weighted by atomic mass is 19.2. The van der Waals surface area contributed by atoms with Crippen molar-refractivity contribution >= 4 is 19.4 Å². The third kappa shape index (κ3) is 3.66. The molecule has 0 radical (unpaired) electrons. The van der Waals surface area contributed by atoms with Gasteiger partial charge in [-0.15, -0.1) is 0 Å². The van der Waals surface area contributed by atoms with Crippen molar-refractivity contribution in [1.82, 2.24) is 0 Å². The lowest BCUT2D eigenvalue weighted by Crippen LogP contribution is -2.10. The van der Waals surface area contributed by atoms with Crippen LogP contribution < -0.4 is 4.65 Å². The molecule has 6 heteroatoms. The van der Waals surface area contributed by atoms with Gasteiger partial charge in [-0.1, -0.05) is 18.2 Å². The molecule has 0 aliphatic heterocycles. The smallest absolute Gasteiger partial charge is 0.505 e. The molecule has 0 spiro atoms. The lowest BCUT2D eigenvalue weighted by atomic mass is 10.1. The molecule has 0 unspecified atom stereocenters. The molecule has 0 saturated heterocycles. The van der Waals surface area contributed by atoms with Crippen molar-refractivity contribution in [3.05, 3.63) is 59.7 Å². The Hall–Kier alpha value is -2.68. The molecule has 0 aliphatic carbocycles. The monoisotopic (exact) mass is 270 g/mol. The minimum atomic E-state index is -2.92. The Bertz CT molecular complexity index is 654. The summed E-state index contributed by atoms with van der Waals surface area (Å²) in [5.74, 6) is -0.0151. The molecule has 0 amide bonds. The van der Waals surface area contributed by atoms with Crippen LogP contribution in [-0.2, 0) is 0 Å². The van der Waals surface area contributed by atoms with Gasteiger partial charge in [-0.25, -0.2) is 8.63 Å². The molecule has 20 heavy (non-hydrogen) atoms. The summed E-state index contributed by atoms with van der Waals surface area (Å²) < 4.78 is 29.0. The van der Waals surface area contributed by atoms with Crippen molar-refractivity contribution in [3.8, 4) is 11.8 Å². The number of benzene rings is 2. The Morgan fingerprint density at radius 2 is 1.90 bits per heavy atom. The Morgan fingerprint density at radius 3 is 2.55 bits per heavy atom. The highest BCUT2D eigenvalue weighted by Crippen LogP contribution is 2.21. The van der Waals surface area contributed by atoms with Gasteiger partial charge in [-0.05, 0) is 30.3 Å². The topological polar surface area (TPSA) is 45.4 Å². The first-order valence-electron chi connectivity index (χ1n) is 5.77. The summed E-state index contributed by atoms with van der Waals surface area (Å²) in [4.78, 5) is 4.16. The number of rotatable bonds is 4. The highest BCUT2D eigenvalue weighted by molar-refractivity contribution is 6.35. The zero-order valence-corrected chi connectivity index (χ0v) is 10.3. The Morgan fingerprint density at radius 1 is 1.15 bits per heavy atom. The summed E-state index contributed by atoms with van der Waals surface area (Å²) in [6, 6.07) is 15.2. The van der Waals surface area contributed by atoms with Crippen molar-refractivity contribution in [2.24, 2.45) is 4.99 Å². The lowest BCUT2D eigenvalue weighted by Gasteiger charge is -2.06. The molecule has 2 aromatic rings. The van der Waals surface area contributed by atoms with Gasteiger partial charge in [0, 0.05) is 11.8 Å². The van der Waals surface area contributed by atoms with Crippen LogP contribution in [0.3, 0.4) is 0 Å². The fourth-order valence-corrected chi connectivity index (χ4v) is 1.58. The normalized spacial score (nSPS) is 10.2. The first-order valence-corrected chi connectivity index (χ1v) is 5.77. The van der Waals surface area contributed by atoms with Crippen LogP contribution in [0.4, 0.5) is 14.3 Å². The van der Waals surface area contributed by atoms with Crippen molar-refractivity contribution in [3.63, 3.8) is 0 Å². The predicted octanol–water partition coefficient (Wildman–Crippen LogP) is 3.61. The van der Waals surface area contributed by atoms with Gasteiger partial charge >= 0.3 is 7.47 Å². The number of para-hydroxylation sites is 1. The Labute approximate surface area is 115 Å². The van der Waals surface area contributed by atoms with Crippen molar-refractivity contribution < 1.29 is 13.3 Å². The van der Waals surface area contributed by atoms with Crippen LogP contribution >= 0.6 is 0 Å².